The molecular formula is C15H21F2NO. The molecule has 1 N–H and O–H groups in total. The van der Waals surface area contributed by atoms with Gasteiger partial charge in [-0.2, -0.15) is 0 Å². The molecule has 0 spiro atoms. The monoisotopic (exact) mass is 269 g/mol. The first kappa shape index (κ1) is 14.3. The molecule has 0 saturated carbocycles. The van der Waals surface area contributed by atoms with Gasteiger partial charge in [0.15, 0.2) is 0 Å². The smallest absolute Gasteiger partial charge is 0.267 e. The highest BCUT2D eigenvalue weighted by Gasteiger charge is 2.43. The molecular weight excluding hydrogens is 248 g/mol. The van der Waals surface area contributed by atoms with Gasteiger partial charge in [0, 0.05) is 5.56 Å². The minimum atomic E-state index is -2.72. The Bertz CT molecular complexity index is 446. The molecule has 0 radical (unpaired) electrons. The minimum absolute atomic E-state index is 0.257. The molecule has 0 aliphatic carbocycles. The molecule has 2 nitrogen and oxygen atoms in total. The van der Waals surface area contributed by atoms with Crippen LogP contribution in [0.25, 0.3) is 0 Å². The molecule has 0 bridgehead atoms. The Labute approximate surface area is 113 Å². The summed E-state index contributed by atoms with van der Waals surface area (Å²) < 4.78 is 33.4. The van der Waals surface area contributed by atoms with Gasteiger partial charge in [-0.15, -0.1) is 0 Å². The third-order valence-electron chi connectivity index (χ3n) is 3.78. The molecule has 106 valence electrons. The summed E-state index contributed by atoms with van der Waals surface area (Å²) in [6.07, 6.45) is 0.435. The van der Waals surface area contributed by atoms with Crippen molar-refractivity contribution in [3.05, 3.63) is 29.3 Å². The number of rotatable bonds is 3. The molecule has 0 amide bonds. The summed E-state index contributed by atoms with van der Waals surface area (Å²) in [5.74, 6) is -2.60. The van der Waals surface area contributed by atoms with Crippen LogP contribution in [0, 0.1) is 0 Å². The van der Waals surface area contributed by atoms with E-state index in [4.69, 9.17) is 4.74 Å². The van der Waals surface area contributed by atoms with Crippen LogP contribution in [-0.4, -0.2) is 26.1 Å². The second-order valence-corrected chi connectivity index (χ2v) is 5.44. The zero-order valence-electron chi connectivity index (χ0n) is 11.7. The van der Waals surface area contributed by atoms with Crippen molar-refractivity contribution in [3.63, 3.8) is 0 Å². The molecule has 19 heavy (non-hydrogen) atoms. The predicted octanol–water partition coefficient (Wildman–Crippen LogP) is 3.53. The maximum atomic E-state index is 14.1. The number of methoxy groups -OCH3 is 1. The van der Waals surface area contributed by atoms with Crippen LogP contribution < -0.4 is 10.1 Å². The summed E-state index contributed by atoms with van der Waals surface area (Å²) in [7, 11) is 1.53. The molecule has 2 rings (SSSR count). The normalized spacial score (nSPS) is 22.5. The van der Waals surface area contributed by atoms with Gasteiger partial charge in [-0.3, -0.25) is 0 Å². The van der Waals surface area contributed by atoms with Crippen LogP contribution in [0.1, 0.15) is 43.2 Å². The third-order valence-corrected chi connectivity index (χ3v) is 3.78. The van der Waals surface area contributed by atoms with Crippen LogP contribution >= 0.6 is 0 Å². The highest BCUT2D eigenvalue weighted by molar-refractivity contribution is 5.42. The fourth-order valence-electron chi connectivity index (χ4n) is 2.60. The fourth-order valence-corrected chi connectivity index (χ4v) is 2.60. The Kier molecular flexibility index (Phi) is 4.09. The van der Waals surface area contributed by atoms with E-state index in [1.165, 1.54) is 7.11 Å². The minimum Gasteiger partial charge on any atom is -0.496 e. The van der Waals surface area contributed by atoms with E-state index >= 15 is 0 Å². The Morgan fingerprint density at radius 1 is 1.37 bits per heavy atom. The lowest BCUT2D eigenvalue weighted by Crippen LogP contribution is -2.44. The van der Waals surface area contributed by atoms with E-state index in [1.807, 2.05) is 18.2 Å². The lowest BCUT2D eigenvalue weighted by Gasteiger charge is -2.33. The van der Waals surface area contributed by atoms with Crippen molar-refractivity contribution in [2.24, 2.45) is 0 Å². The summed E-state index contributed by atoms with van der Waals surface area (Å²) in [5.41, 5.74) is 1.71. The van der Waals surface area contributed by atoms with E-state index in [0.29, 0.717) is 30.2 Å². The van der Waals surface area contributed by atoms with Crippen molar-refractivity contribution in [1.82, 2.24) is 5.32 Å². The van der Waals surface area contributed by atoms with Crippen molar-refractivity contribution in [1.29, 1.82) is 0 Å². The summed E-state index contributed by atoms with van der Waals surface area (Å²) in [6.45, 7) is 4.49. The number of ether oxygens (including phenoxy) is 1. The van der Waals surface area contributed by atoms with E-state index in [9.17, 15) is 8.78 Å². The van der Waals surface area contributed by atoms with Crippen LogP contribution in [0.5, 0.6) is 5.75 Å². The predicted molar refractivity (Wildman–Crippen MR) is 72.3 cm³/mol. The van der Waals surface area contributed by atoms with Gasteiger partial charge in [-0.1, -0.05) is 26.0 Å². The van der Waals surface area contributed by atoms with Crippen molar-refractivity contribution >= 4 is 0 Å². The molecule has 1 aromatic rings. The molecule has 1 unspecified atom stereocenters. The number of hydrogen-bond acceptors (Lipinski definition) is 2. The van der Waals surface area contributed by atoms with Crippen molar-refractivity contribution < 1.29 is 13.5 Å². The largest absolute Gasteiger partial charge is 0.496 e. The van der Waals surface area contributed by atoms with E-state index in [0.717, 1.165) is 5.56 Å². The standard InChI is InChI=1S/C15H21F2NO/c1-10(2)11-4-5-14(19-3)12(8-11)13-6-7-18-9-15(13,16)17/h4-5,8,10,13,18H,6-7,9H2,1-3H3. The first-order chi connectivity index (χ1) is 8.95. The van der Waals surface area contributed by atoms with E-state index in [2.05, 4.69) is 19.2 Å². The Morgan fingerprint density at radius 3 is 2.68 bits per heavy atom. The highest BCUT2D eigenvalue weighted by Crippen LogP contribution is 2.42. The zero-order valence-corrected chi connectivity index (χ0v) is 11.7. The maximum Gasteiger partial charge on any atom is 0.267 e. The van der Waals surface area contributed by atoms with E-state index in [-0.39, 0.29) is 6.54 Å². The molecule has 1 aliphatic rings. The lowest BCUT2D eigenvalue weighted by atomic mass is 9.84. The van der Waals surface area contributed by atoms with Crippen molar-refractivity contribution in [2.45, 2.75) is 38.0 Å². The molecule has 0 aromatic heterocycles. The lowest BCUT2D eigenvalue weighted by molar-refractivity contribution is -0.0426. The SMILES string of the molecule is COc1ccc(C(C)C)cc1C1CCNCC1(F)F. The van der Waals surface area contributed by atoms with Gasteiger partial charge in [-0.05, 0) is 30.5 Å². The number of halogens is 2. The average Bonchev–Trinajstić information content (AvgIpc) is 2.37. The molecule has 1 heterocycles. The van der Waals surface area contributed by atoms with E-state index < -0.39 is 11.8 Å². The zero-order chi connectivity index (χ0) is 14.0. The van der Waals surface area contributed by atoms with Gasteiger partial charge in [-0.25, -0.2) is 8.78 Å². The second kappa shape index (κ2) is 5.45. The van der Waals surface area contributed by atoms with Crippen LogP contribution in [0.4, 0.5) is 8.78 Å². The molecule has 1 aliphatic heterocycles. The average molecular weight is 269 g/mol. The molecule has 1 aromatic carbocycles. The Hall–Kier alpha value is -1.16. The van der Waals surface area contributed by atoms with Crippen molar-refractivity contribution in [2.75, 3.05) is 20.2 Å². The summed E-state index contributed by atoms with van der Waals surface area (Å²) in [6, 6.07) is 5.64. The maximum absolute atomic E-state index is 14.1. The number of nitrogens with one attached hydrogen (secondary N) is 1. The molecule has 1 atom stereocenters. The molecule has 1 saturated heterocycles. The first-order valence-electron chi connectivity index (χ1n) is 6.72. The van der Waals surface area contributed by atoms with Crippen LogP contribution in [0.3, 0.4) is 0 Å². The van der Waals surface area contributed by atoms with Gasteiger partial charge < -0.3 is 10.1 Å². The molecule has 4 heteroatoms. The number of benzene rings is 1. The van der Waals surface area contributed by atoms with Crippen LogP contribution in [0.15, 0.2) is 18.2 Å². The topological polar surface area (TPSA) is 21.3 Å². The second-order valence-electron chi connectivity index (χ2n) is 5.44. The van der Waals surface area contributed by atoms with Crippen LogP contribution in [-0.2, 0) is 0 Å². The fraction of sp³-hybridized carbons (Fsp3) is 0.600. The quantitative estimate of drug-likeness (QED) is 0.906. The Morgan fingerprint density at radius 2 is 2.11 bits per heavy atom. The van der Waals surface area contributed by atoms with Gasteiger partial charge in [0.2, 0.25) is 0 Å². The highest BCUT2D eigenvalue weighted by atomic mass is 19.3. The van der Waals surface area contributed by atoms with Gasteiger partial charge in [0.25, 0.3) is 5.92 Å². The summed E-state index contributed by atoms with van der Waals surface area (Å²) in [4.78, 5) is 0. The summed E-state index contributed by atoms with van der Waals surface area (Å²) >= 11 is 0. The third kappa shape index (κ3) is 2.89. The van der Waals surface area contributed by atoms with Gasteiger partial charge in [0.05, 0.1) is 19.6 Å². The summed E-state index contributed by atoms with van der Waals surface area (Å²) in [5, 5.41) is 2.76. The molecule has 1 fully saturated rings. The Balaban J connectivity index is 2.43. The van der Waals surface area contributed by atoms with E-state index in [1.54, 1.807) is 0 Å². The number of hydrogen-bond donors (Lipinski definition) is 1. The number of alkyl halides is 2. The van der Waals surface area contributed by atoms with Gasteiger partial charge in [0.1, 0.15) is 5.75 Å². The van der Waals surface area contributed by atoms with Crippen LogP contribution in [0.2, 0.25) is 0 Å². The number of piperidine rings is 1. The van der Waals surface area contributed by atoms with Crippen molar-refractivity contribution in [3.8, 4) is 5.75 Å². The van der Waals surface area contributed by atoms with Gasteiger partial charge >= 0.3 is 0 Å². The first-order valence-corrected chi connectivity index (χ1v) is 6.72.